The Hall–Kier alpha value is -2.51. The highest BCUT2D eigenvalue weighted by Crippen LogP contribution is 2.45. The third kappa shape index (κ3) is 7.24. The summed E-state index contributed by atoms with van der Waals surface area (Å²) in [6.45, 7) is 7.53. The Kier molecular flexibility index (Phi) is 7.75. The van der Waals surface area contributed by atoms with Gasteiger partial charge in [-0.15, -0.1) is 0 Å². The summed E-state index contributed by atoms with van der Waals surface area (Å²) >= 11 is 0. The molecule has 0 aromatic heterocycles. The molecule has 7 heteroatoms. The number of aryl methyl sites for hydroxylation is 1. The van der Waals surface area contributed by atoms with Gasteiger partial charge in [0.05, 0.1) is 12.1 Å². The molecule has 0 bridgehead atoms. The highest BCUT2D eigenvalue weighted by atomic mass is 19.1. The minimum absolute atomic E-state index is 0.0507. The molecule has 2 unspecified atom stereocenters. The van der Waals surface area contributed by atoms with Crippen molar-refractivity contribution in [1.82, 2.24) is 10.6 Å². The molecule has 0 saturated heterocycles. The Morgan fingerprint density at radius 2 is 1.79 bits per heavy atom. The number of hydrogen-bond acceptors (Lipinski definition) is 4. The summed E-state index contributed by atoms with van der Waals surface area (Å²) in [4.78, 5) is 12.4. The number of amides is 1. The van der Waals surface area contributed by atoms with E-state index in [-0.39, 0.29) is 18.5 Å². The number of alkyl carbamates (subject to hydrolysis) is 1. The van der Waals surface area contributed by atoms with Crippen molar-refractivity contribution in [3.05, 3.63) is 70.8 Å². The van der Waals surface area contributed by atoms with Crippen LogP contribution in [0.25, 0.3) is 0 Å². The van der Waals surface area contributed by atoms with Crippen molar-refractivity contribution in [3.8, 4) is 0 Å². The number of aliphatic hydroxyl groups excluding tert-OH is 1. The number of hydrogen-bond donors (Lipinski definition) is 3. The van der Waals surface area contributed by atoms with Crippen LogP contribution in [0.5, 0.6) is 0 Å². The molecule has 0 aliphatic heterocycles. The fourth-order valence-electron chi connectivity index (χ4n) is 3.95. The second-order valence-electron chi connectivity index (χ2n) is 9.82. The van der Waals surface area contributed by atoms with Crippen molar-refractivity contribution >= 4 is 6.09 Å². The van der Waals surface area contributed by atoms with E-state index >= 15 is 0 Å². The molecule has 0 radical (unpaired) electrons. The lowest BCUT2D eigenvalue weighted by molar-refractivity contribution is 0.0419. The van der Waals surface area contributed by atoms with Crippen molar-refractivity contribution in [2.75, 3.05) is 6.54 Å². The Labute approximate surface area is 194 Å². The second kappa shape index (κ2) is 10.2. The minimum Gasteiger partial charge on any atom is -0.444 e. The van der Waals surface area contributed by atoms with E-state index < -0.39 is 35.5 Å². The molecule has 33 heavy (non-hydrogen) atoms. The third-order valence-electron chi connectivity index (χ3n) is 5.83. The summed E-state index contributed by atoms with van der Waals surface area (Å²) in [7, 11) is 0. The Balaban J connectivity index is 1.72. The summed E-state index contributed by atoms with van der Waals surface area (Å²) in [6.07, 6.45) is 1.20. The standard InChI is InChI=1S/C26H34F2N2O3/c1-5-17-7-6-8-19(11-17)26(9-10-26)29-16-23(31)22(30-24(32)33-25(2,3)4)14-18-12-20(27)15-21(28)13-18/h6-8,11-13,15,22-23,29,31H,5,9-10,14,16H2,1-4H3,(H,30,32). The summed E-state index contributed by atoms with van der Waals surface area (Å²) in [6, 6.07) is 10.8. The molecule has 0 heterocycles. The minimum atomic E-state index is -1.00. The molecule has 2 aromatic rings. The zero-order valence-corrected chi connectivity index (χ0v) is 19.8. The first-order chi connectivity index (χ1) is 15.5. The van der Waals surface area contributed by atoms with Crippen LogP contribution in [0.2, 0.25) is 0 Å². The number of carbonyl (C=O) groups is 1. The summed E-state index contributed by atoms with van der Waals surface area (Å²) < 4.78 is 32.7. The largest absolute Gasteiger partial charge is 0.444 e. The van der Waals surface area contributed by atoms with Gasteiger partial charge in [-0.05, 0) is 75.3 Å². The number of nitrogens with one attached hydrogen (secondary N) is 2. The SMILES string of the molecule is CCc1cccc(C2(NCC(O)C(Cc3cc(F)cc(F)c3)NC(=O)OC(C)(C)C)CC2)c1. The van der Waals surface area contributed by atoms with Gasteiger partial charge in [0.15, 0.2) is 0 Å². The van der Waals surface area contributed by atoms with Crippen LogP contribution in [0.3, 0.4) is 0 Å². The van der Waals surface area contributed by atoms with Gasteiger partial charge in [0.2, 0.25) is 0 Å². The van der Waals surface area contributed by atoms with Crippen molar-refractivity contribution in [1.29, 1.82) is 0 Å². The van der Waals surface area contributed by atoms with Crippen LogP contribution in [0.15, 0.2) is 42.5 Å². The molecule has 3 N–H and O–H groups in total. The lowest BCUT2D eigenvalue weighted by Gasteiger charge is -2.28. The monoisotopic (exact) mass is 460 g/mol. The number of rotatable bonds is 9. The number of benzene rings is 2. The normalized spacial score (nSPS) is 16.7. The van der Waals surface area contributed by atoms with E-state index in [4.69, 9.17) is 4.74 Å². The molecule has 1 saturated carbocycles. The number of halogens is 2. The van der Waals surface area contributed by atoms with Gasteiger partial charge in [0, 0.05) is 18.2 Å². The van der Waals surface area contributed by atoms with Crippen molar-refractivity contribution in [2.24, 2.45) is 0 Å². The summed E-state index contributed by atoms with van der Waals surface area (Å²) in [5, 5.41) is 17.1. The molecule has 3 rings (SSSR count). The predicted octanol–water partition coefficient (Wildman–Crippen LogP) is 4.60. The first-order valence-electron chi connectivity index (χ1n) is 11.5. The van der Waals surface area contributed by atoms with E-state index in [0.29, 0.717) is 5.56 Å². The highest BCUT2D eigenvalue weighted by Gasteiger charge is 2.44. The van der Waals surface area contributed by atoms with Crippen molar-refractivity contribution < 1.29 is 23.4 Å². The van der Waals surface area contributed by atoms with Crippen LogP contribution in [0.4, 0.5) is 13.6 Å². The maximum atomic E-state index is 13.7. The highest BCUT2D eigenvalue weighted by molar-refractivity contribution is 5.68. The lowest BCUT2D eigenvalue weighted by Crippen LogP contribution is -2.51. The molecule has 5 nitrogen and oxygen atoms in total. The van der Waals surface area contributed by atoms with E-state index in [2.05, 4.69) is 35.8 Å². The molecule has 0 spiro atoms. The molecule has 2 aromatic carbocycles. The number of aliphatic hydroxyl groups is 1. The second-order valence-corrected chi connectivity index (χ2v) is 9.82. The summed E-state index contributed by atoms with van der Waals surface area (Å²) in [5.41, 5.74) is 1.85. The molecular formula is C26H34F2N2O3. The molecule has 1 amide bonds. The van der Waals surface area contributed by atoms with Crippen molar-refractivity contribution in [3.63, 3.8) is 0 Å². The average molecular weight is 461 g/mol. The van der Waals surface area contributed by atoms with Crippen LogP contribution in [0.1, 0.15) is 57.2 Å². The molecule has 1 aliphatic carbocycles. The Morgan fingerprint density at radius 3 is 2.36 bits per heavy atom. The van der Waals surface area contributed by atoms with Crippen LogP contribution < -0.4 is 10.6 Å². The average Bonchev–Trinajstić information content (AvgIpc) is 3.51. The van der Waals surface area contributed by atoms with Gasteiger partial charge in [-0.3, -0.25) is 0 Å². The smallest absolute Gasteiger partial charge is 0.407 e. The van der Waals surface area contributed by atoms with E-state index in [1.54, 1.807) is 20.8 Å². The lowest BCUT2D eigenvalue weighted by atomic mass is 9.98. The fraction of sp³-hybridized carbons (Fsp3) is 0.500. The van der Waals surface area contributed by atoms with Gasteiger partial charge in [0.25, 0.3) is 0 Å². The number of ether oxygens (including phenoxy) is 1. The van der Waals surface area contributed by atoms with E-state index in [1.165, 1.54) is 23.3 Å². The van der Waals surface area contributed by atoms with Crippen LogP contribution in [-0.4, -0.2) is 35.5 Å². The zero-order valence-electron chi connectivity index (χ0n) is 19.8. The third-order valence-corrected chi connectivity index (χ3v) is 5.83. The van der Waals surface area contributed by atoms with Gasteiger partial charge in [-0.25, -0.2) is 13.6 Å². The fourth-order valence-corrected chi connectivity index (χ4v) is 3.95. The van der Waals surface area contributed by atoms with Gasteiger partial charge >= 0.3 is 6.09 Å². The van der Waals surface area contributed by atoms with Gasteiger partial charge < -0.3 is 20.5 Å². The molecule has 2 atom stereocenters. The molecule has 1 aliphatic rings. The topological polar surface area (TPSA) is 70.6 Å². The van der Waals surface area contributed by atoms with Crippen LogP contribution in [0, 0.1) is 11.6 Å². The molecule has 1 fully saturated rings. The Morgan fingerprint density at radius 1 is 1.12 bits per heavy atom. The van der Waals surface area contributed by atoms with E-state index in [1.807, 2.05) is 6.07 Å². The molecule has 180 valence electrons. The quantitative estimate of drug-likeness (QED) is 0.511. The first kappa shape index (κ1) is 25.1. The first-order valence-corrected chi connectivity index (χ1v) is 11.5. The predicted molar refractivity (Wildman–Crippen MR) is 124 cm³/mol. The van der Waals surface area contributed by atoms with Crippen LogP contribution in [-0.2, 0) is 23.1 Å². The summed E-state index contributed by atoms with van der Waals surface area (Å²) in [5.74, 6) is -1.41. The number of carbonyl (C=O) groups excluding carboxylic acids is 1. The zero-order chi connectivity index (χ0) is 24.2. The maximum Gasteiger partial charge on any atom is 0.407 e. The van der Waals surface area contributed by atoms with E-state index in [0.717, 1.165) is 25.3 Å². The van der Waals surface area contributed by atoms with Crippen molar-refractivity contribution in [2.45, 2.75) is 76.7 Å². The van der Waals surface area contributed by atoms with E-state index in [9.17, 15) is 18.7 Å². The van der Waals surface area contributed by atoms with Crippen LogP contribution >= 0.6 is 0 Å². The molecular weight excluding hydrogens is 426 g/mol. The van der Waals surface area contributed by atoms with Gasteiger partial charge in [-0.2, -0.15) is 0 Å². The van der Waals surface area contributed by atoms with Gasteiger partial charge in [0.1, 0.15) is 17.2 Å². The Bertz CT molecular complexity index is 950. The van der Waals surface area contributed by atoms with Gasteiger partial charge in [-0.1, -0.05) is 31.2 Å². The maximum absolute atomic E-state index is 13.7.